The largest absolute Gasteiger partial charge is 1.00 e. The number of halogens is 1. The number of nitrogens with zero attached hydrogens (tertiary/aromatic N) is 2. The van der Waals surface area contributed by atoms with Gasteiger partial charge in [0, 0.05) is 0 Å². The molecule has 17 heavy (non-hydrogen) atoms. The topological polar surface area (TPSA) is 8.81 Å². The molecular weight excluding hydrogens is 343 g/mol. The highest BCUT2D eigenvalue weighted by Gasteiger charge is 1.99. The van der Waals surface area contributed by atoms with Crippen molar-refractivity contribution >= 4 is 11.8 Å². The van der Waals surface area contributed by atoms with E-state index in [-0.39, 0.29) is 24.0 Å². The van der Waals surface area contributed by atoms with Crippen LogP contribution in [0.4, 0.5) is 0 Å². The average Bonchev–Trinajstić information content (AvgIpc) is 2.68. The summed E-state index contributed by atoms with van der Waals surface area (Å²) < 4.78 is 4.33. The molecular formula is C13H25IN2S. The van der Waals surface area contributed by atoms with Gasteiger partial charge in [0.1, 0.15) is 18.3 Å². The lowest BCUT2D eigenvalue weighted by atomic mass is 10.1. The highest BCUT2D eigenvalue weighted by Crippen LogP contribution is 2.11. The summed E-state index contributed by atoms with van der Waals surface area (Å²) in [5, 5.41) is 0. The molecule has 2 nitrogen and oxygen atoms in total. The summed E-state index contributed by atoms with van der Waals surface area (Å²) in [5.74, 6) is 2.39. The Hall–Kier alpha value is 0.290. The molecule has 1 aromatic heterocycles. The van der Waals surface area contributed by atoms with Crippen molar-refractivity contribution in [2.45, 2.75) is 51.3 Å². The fourth-order valence-corrected chi connectivity index (χ4v) is 2.63. The molecule has 0 fully saturated rings. The monoisotopic (exact) mass is 368 g/mol. The van der Waals surface area contributed by atoms with Crippen LogP contribution in [0, 0.1) is 0 Å². The molecule has 1 aromatic rings. The molecule has 100 valence electrons. The number of rotatable bonds is 9. The zero-order chi connectivity index (χ0) is 11.6. The van der Waals surface area contributed by atoms with Crippen LogP contribution in [0.25, 0.3) is 0 Å². The van der Waals surface area contributed by atoms with E-state index in [0.29, 0.717) is 0 Å². The maximum absolute atomic E-state index is 2.27. The van der Waals surface area contributed by atoms with Crippen LogP contribution in [0.5, 0.6) is 0 Å². The average molecular weight is 368 g/mol. The lowest BCUT2D eigenvalue weighted by Crippen LogP contribution is -3.00. The highest BCUT2D eigenvalue weighted by molar-refractivity contribution is 7.98. The molecule has 0 saturated carbocycles. The van der Waals surface area contributed by atoms with Gasteiger partial charge in [-0.05, 0) is 12.2 Å². The van der Waals surface area contributed by atoms with Gasteiger partial charge in [0.2, 0.25) is 6.33 Å². The second-order valence-electron chi connectivity index (χ2n) is 4.40. The summed E-state index contributed by atoms with van der Waals surface area (Å²) in [6.45, 7) is 2.27. The zero-order valence-corrected chi connectivity index (χ0v) is 14.0. The summed E-state index contributed by atoms with van der Waals surface area (Å²) >= 11 is 2.03. The van der Waals surface area contributed by atoms with Gasteiger partial charge in [-0.3, -0.25) is 0 Å². The summed E-state index contributed by atoms with van der Waals surface area (Å²) in [7, 11) is 2.06. The van der Waals surface area contributed by atoms with Gasteiger partial charge in [0.25, 0.3) is 0 Å². The van der Waals surface area contributed by atoms with E-state index in [4.69, 9.17) is 0 Å². The second kappa shape index (κ2) is 11.4. The Morgan fingerprint density at radius 1 is 1.12 bits per heavy atom. The molecule has 0 radical (unpaired) electrons. The highest BCUT2D eigenvalue weighted by atomic mass is 127. The lowest BCUT2D eigenvalue weighted by molar-refractivity contribution is -0.670. The Bertz CT molecular complexity index is 276. The molecule has 0 aliphatic heterocycles. The standard InChI is InChI=1S/C13H25N2S.HI/c1-3-4-5-6-7-8-11-16-13-15-10-9-14(2)12-15;/h9-10,12H,3-8,11,13H2,1-2H3;1H/q+1;/p-1. The Kier molecular flexibility index (Phi) is 11.6. The van der Waals surface area contributed by atoms with Crippen LogP contribution in [0.3, 0.4) is 0 Å². The van der Waals surface area contributed by atoms with Gasteiger partial charge in [-0.2, -0.15) is 0 Å². The maximum atomic E-state index is 2.27. The van der Waals surface area contributed by atoms with Crippen molar-refractivity contribution < 1.29 is 28.5 Å². The van der Waals surface area contributed by atoms with Crippen molar-refractivity contribution in [3.05, 3.63) is 18.7 Å². The van der Waals surface area contributed by atoms with Crippen LogP contribution in [0.1, 0.15) is 45.4 Å². The molecule has 0 unspecified atom stereocenters. The number of aromatic nitrogens is 2. The molecule has 0 bridgehead atoms. The SMILES string of the molecule is CCCCCCCCSCn1cc[n+](C)c1.[I-]. The van der Waals surface area contributed by atoms with Crippen molar-refractivity contribution in [2.75, 3.05) is 5.75 Å². The lowest BCUT2D eigenvalue weighted by Gasteiger charge is -2.00. The van der Waals surface area contributed by atoms with E-state index in [9.17, 15) is 0 Å². The van der Waals surface area contributed by atoms with Gasteiger partial charge < -0.3 is 24.0 Å². The molecule has 4 heteroatoms. The normalized spacial score (nSPS) is 10.2. The third kappa shape index (κ3) is 8.94. The molecule has 0 amide bonds. The molecule has 0 aromatic carbocycles. The van der Waals surface area contributed by atoms with E-state index in [1.807, 2.05) is 11.8 Å². The minimum atomic E-state index is 0. The number of aryl methyl sites for hydroxylation is 1. The molecule has 0 N–H and O–H groups in total. The number of imidazole rings is 1. The molecule has 1 rings (SSSR count). The van der Waals surface area contributed by atoms with E-state index in [1.54, 1.807) is 0 Å². The third-order valence-corrected chi connectivity index (χ3v) is 3.76. The Labute approximate surface area is 127 Å². The summed E-state index contributed by atoms with van der Waals surface area (Å²) in [6.07, 6.45) is 14.7. The minimum absolute atomic E-state index is 0. The van der Waals surface area contributed by atoms with Gasteiger partial charge in [-0.25, -0.2) is 9.13 Å². The molecule has 0 spiro atoms. The van der Waals surface area contributed by atoms with Crippen molar-refractivity contribution in [1.82, 2.24) is 4.57 Å². The van der Waals surface area contributed by atoms with Crippen LogP contribution in [0.15, 0.2) is 18.7 Å². The fourth-order valence-electron chi connectivity index (χ4n) is 1.73. The van der Waals surface area contributed by atoms with Crippen molar-refractivity contribution in [1.29, 1.82) is 0 Å². The first-order chi connectivity index (χ1) is 7.83. The van der Waals surface area contributed by atoms with Crippen LogP contribution in [0.2, 0.25) is 0 Å². The summed E-state index contributed by atoms with van der Waals surface area (Å²) in [5.41, 5.74) is 0. The van der Waals surface area contributed by atoms with Crippen LogP contribution >= 0.6 is 11.8 Å². The molecule has 0 aliphatic rings. The Balaban J connectivity index is 0.00000256. The number of thioether (sulfide) groups is 1. The smallest absolute Gasteiger partial charge is 0.244 e. The van der Waals surface area contributed by atoms with E-state index < -0.39 is 0 Å². The number of hydrogen-bond donors (Lipinski definition) is 0. The van der Waals surface area contributed by atoms with Gasteiger partial charge in [0.05, 0.1) is 7.05 Å². The predicted molar refractivity (Wildman–Crippen MR) is 71.4 cm³/mol. The van der Waals surface area contributed by atoms with Gasteiger partial charge in [0.15, 0.2) is 0 Å². The van der Waals surface area contributed by atoms with E-state index in [2.05, 4.69) is 41.8 Å². The maximum Gasteiger partial charge on any atom is 0.244 e. The van der Waals surface area contributed by atoms with E-state index in [1.165, 1.54) is 44.3 Å². The first-order valence-electron chi connectivity index (χ1n) is 6.41. The van der Waals surface area contributed by atoms with Crippen LogP contribution < -0.4 is 28.5 Å². The summed E-state index contributed by atoms with van der Waals surface area (Å²) in [4.78, 5) is 0. The van der Waals surface area contributed by atoms with Crippen molar-refractivity contribution in [3.8, 4) is 0 Å². The van der Waals surface area contributed by atoms with Gasteiger partial charge >= 0.3 is 0 Å². The minimum Gasteiger partial charge on any atom is -1.00 e. The quantitative estimate of drug-likeness (QED) is 0.348. The van der Waals surface area contributed by atoms with Gasteiger partial charge in [-0.15, -0.1) is 11.8 Å². The van der Waals surface area contributed by atoms with Gasteiger partial charge in [-0.1, -0.05) is 39.0 Å². The first kappa shape index (κ1) is 17.3. The molecule has 0 saturated heterocycles. The summed E-state index contributed by atoms with van der Waals surface area (Å²) in [6, 6.07) is 0. The Morgan fingerprint density at radius 2 is 1.82 bits per heavy atom. The predicted octanol–water partition coefficient (Wildman–Crippen LogP) is 0.368. The number of unbranched alkanes of at least 4 members (excludes halogenated alkanes) is 5. The van der Waals surface area contributed by atoms with Crippen LogP contribution in [-0.2, 0) is 12.9 Å². The fraction of sp³-hybridized carbons (Fsp3) is 0.769. The van der Waals surface area contributed by atoms with Crippen molar-refractivity contribution in [3.63, 3.8) is 0 Å². The van der Waals surface area contributed by atoms with E-state index >= 15 is 0 Å². The third-order valence-electron chi connectivity index (χ3n) is 2.71. The second-order valence-corrected chi connectivity index (χ2v) is 5.47. The number of hydrogen-bond acceptors (Lipinski definition) is 1. The van der Waals surface area contributed by atoms with Crippen LogP contribution in [-0.4, -0.2) is 10.3 Å². The molecule has 1 heterocycles. The molecule has 0 aliphatic carbocycles. The zero-order valence-electron chi connectivity index (χ0n) is 11.1. The van der Waals surface area contributed by atoms with E-state index in [0.717, 1.165) is 5.88 Å². The molecule has 0 atom stereocenters. The Morgan fingerprint density at radius 3 is 2.47 bits per heavy atom. The first-order valence-corrected chi connectivity index (χ1v) is 7.57. The van der Waals surface area contributed by atoms with Crippen molar-refractivity contribution in [2.24, 2.45) is 7.05 Å².